The van der Waals surface area contributed by atoms with Gasteiger partial charge in [-0.3, -0.25) is 10.1 Å². The number of alkyl carbamates (subject to hydrolysis) is 2. The van der Waals surface area contributed by atoms with Crippen LogP contribution in [0.2, 0.25) is 5.28 Å². The first-order valence-electron chi connectivity index (χ1n) is 12.5. The molecule has 1 aromatic carbocycles. The molecule has 1 aliphatic rings. The molecule has 2 unspecified atom stereocenters. The minimum absolute atomic E-state index is 0.0368. The molecule has 0 spiro atoms. The van der Waals surface area contributed by atoms with Crippen LogP contribution in [-0.2, 0) is 9.47 Å². The van der Waals surface area contributed by atoms with Crippen LogP contribution in [0.3, 0.4) is 0 Å². The highest BCUT2D eigenvalue weighted by atomic mass is 35.5. The summed E-state index contributed by atoms with van der Waals surface area (Å²) < 4.78 is 10.8. The molecule has 0 aliphatic carbocycles. The number of anilines is 1. The van der Waals surface area contributed by atoms with Crippen molar-refractivity contribution in [3.63, 3.8) is 0 Å². The van der Waals surface area contributed by atoms with Gasteiger partial charge in [0.2, 0.25) is 5.28 Å². The van der Waals surface area contributed by atoms with Gasteiger partial charge >= 0.3 is 12.2 Å². The molecule has 1 aliphatic heterocycles. The maximum atomic E-state index is 12.5. The standard InChI is InChI=1S/C23H31ClN6O6.C2H6/c1-22(2,3)35-20(31)25-13-9-14(26-21(32)36-23(4,5)6)12-29(11-13)18-16-10-15(30(33)34)7-8-17(16)27-19(24)28-18;1-2/h7-8,10,13-14H,9,11-12H2,1-6H3,(H,25,31)(H,26,32);1-2H3. The Bertz CT molecular complexity index is 1130. The van der Waals surface area contributed by atoms with Crippen molar-refractivity contribution in [3.8, 4) is 0 Å². The number of benzene rings is 1. The molecule has 2 atom stereocenters. The zero-order chi connectivity index (χ0) is 28.8. The first kappa shape index (κ1) is 30.8. The molecule has 13 heteroatoms. The van der Waals surface area contributed by atoms with Gasteiger partial charge in [-0.25, -0.2) is 14.6 Å². The lowest BCUT2D eigenvalue weighted by Gasteiger charge is -2.39. The van der Waals surface area contributed by atoms with E-state index >= 15 is 0 Å². The highest BCUT2D eigenvalue weighted by Crippen LogP contribution is 2.31. The summed E-state index contributed by atoms with van der Waals surface area (Å²) in [5, 5.41) is 17.4. The van der Waals surface area contributed by atoms with Crippen molar-refractivity contribution in [1.29, 1.82) is 0 Å². The third-order valence-electron chi connectivity index (χ3n) is 5.03. The molecular weight excluding hydrogens is 516 g/mol. The fourth-order valence-corrected chi connectivity index (χ4v) is 4.03. The number of aromatic nitrogens is 2. The van der Waals surface area contributed by atoms with Crippen LogP contribution >= 0.6 is 11.6 Å². The highest BCUT2D eigenvalue weighted by Gasteiger charge is 2.33. The summed E-state index contributed by atoms with van der Waals surface area (Å²) in [6.45, 7) is 15.1. The quantitative estimate of drug-likeness (QED) is 0.296. The van der Waals surface area contributed by atoms with E-state index in [0.29, 0.717) is 23.1 Å². The van der Waals surface area contributed by atoms with Gasteiger partial charge in [0, 0.05) is 30.6 Å². The van der Waals surface area contributed by atoms with Gasteiger partial charge in [0.15, 0.2) is 0 Å². The predicted molar refractivity (Wildman–Crippen MR) is 146 cm³/mol. The van der Waals surface area contributed by atoms with Gasteiger partial charge in [-0.15, -0.1) is 0 Å². The molecule has 1 fully saturated rings. The van der Waals surface area contributed by atoms with Crippen LogP contribution in [0.15, 0.2) is 18.2 Å². The molecule has 0 saturated carbocycles. The molecule has 3 rings (SSSR count). The van der Waals surface area contributed by atoms with E-state index in [1.165, 1.54) is 18.2 Å². The molecule has 0 radical (unpaired) electrons. The molecular formula is C25H37ClN6O6. The number of nitrogens with one attached hydrogen (secondary N) is 2. The molecule has 38 heavy (non-hydrogen) atoms. The van der Waals surface area contributed by atoms with Crippen LogP contribution < -0.4 is 15.5 Å². The van der Waals surface area contributed by atoms with E-state index in [9.17, 15) is 19.7 Å². The van der Waals surface area contributed by atoms with Gasteiger partial charge in [0.05, 0.1) is 22.5 Å². The summed E-state index contributed by atoms with van der Waals surface area (Å²) in [7, 11) is 0. The van der Waals surface area contributed by atoms with Gasteiger partial charge < -0.3 is 25.0 Å². The average Bonchev–Trinajstić information content (AvgIpc) is 2.76. The molecule has 12 nitrogen and oxygen atoms in total. The zero-order valence-electron chi connectivity index (χ0n) is 23.1. The van der Waals surface area contributed by atoms with Crippen molar-refractivity contribution in [2.75, 3.05) is 18.0 Å². The largest absolute Gasteiger partial charge is 0.444 e. The van der Waals surface area contributed by atoms with Crippen LogP contribution in [-0.4, -0.2) is 63.5 Å². The summed E-state index contributed by atoms with van der Waals surface area (Å²) in [4.78, 5) is 46.2. The Morgan fingerprint density at radius 3 is 1.95 bits per heavy atom. The Balaban J connectivity index is 0.00000247. The van der Waals surface area contributed by atoms with Gasteiger partial charge in [-0.05, 0) is 65.6 Å². The molecule has 2 N–H and O–H groups in total. The van der Waals surface area contributed by atoms with Crippen LogP contribution in [0.4, 0.5) is 21.1 Å². The first-order valence-corrected chi connectivity index (χ1v) is 12.8. The van der Waals surface area contributed by atoms with E-state index in [-0.39, 0.29) is 24.1 Å². The normalized spacial score (nSPS) is 17.7. The van der Waals surface area contributed by atoms with Gasteiger partial charge in [-0.2, -0.15) is 4.98 Å². The lowest BCUT2D eigenvalue weighted by Crippen LogP contribution is -2.58. The van der Waals surface area contributed by atoms with Crippen molar-refractivity contribution in [1.82, 2.24) is 20.6 Å². The van der Waals surface area contributed by atoms with Crippen LogP contribution in [0.25, 0.3) is 10.9 Å². The Kier molecular flexibility index (Phi) is 10.1. The van der Waals surface area contributed by atoms with Crippen molar-refractivity contribution in [2.45, 2.75) is 85.1 Å². The monoisotopic (exact) mass is 552 g/mol. The number of hydrogen-bond donors (Lipinski definition) is 2. The van der Waals surface area contributed by atoms with Crippen molar-refractivity contribution in [3.05, 3.63) is 33.6 Å². The molecule has 2 amide bonds. The Labute approximate surface area is 227 Å². The number of rotatable bonds is 4. The number of nitro benzene ring substituents is 1. The third-order valence-corrected chi connectivity index (χ3v) is 5.20. The first-order chi connectivity index (χ1) is 17.6. The molecule has 2 heterocycles. The maximum Gasteiger partial charge on any atom is 0.407 e. The smallest absolute Gasteiger partial charge is 0.407 e. The second-order valence-corrected chi connectivity index (χ2v) is 10.9. The Hall–Kier alpha value is -3.41. The molecule has 1 aromatic heterocycles. The summed E-state index contributed by atoms with van der Waals surface area (Å²) in [5.41, 5.74) is -1.09. The SMILES string of the molecule is CC.CC(C)(C)OC(=O)NC1CC(NC(=O)OC(C)(C)C)CN(c2nc(Cl)nc3ccc([N+](=O)[O-])cc23)C1. The van der Waals surface area contributed by atoms with Gasteiger partial charge in [0.25, 0.3) is 5.69 Å². The fraction of sp³-hybridized carbons (Fsp3) is 0.600. The molecule has 210 valence electrons. The third kappa shape index (κ3) is 9.16. The molecule has 0 bridgehead atoms. The number of nitro groups is 1. The lowest BCUT2D eigenvalue weighted by atomic mass is 10.00. The number of halogens is 1. The van der Waals surface area contributed by atoms with Crippen molar-refractivity contribution in [2.24, 2.45) is 0 Å². The average molecular weight is 553 g/mol. The predicted octanol–water partition coefficient (Wildman–Crippen LogP) is 5.21. The topological polar surface area (TPSA) is 149 Å². The zero-order valence-corrected chi connectivity index (χ0v) is 23.9. The summed E-state index contributed by atoms with van der Waals surface area (Å²) in [5.74, 6) is 0.348. The van der Waals surface area contributed by atoms with Crippen LogP contribution in [0.5, 0.6) is 0 Å². The van der Waals surface area contributed by atoms with E-state index in [0.717, 1.165) is 0 Å². The second kappa shape index (κ2) is 12.4. The van der Waals surface area contributed by atoms with Crippen molar-refractivity contribution < 1.29 is 24.0 Å². The van der Waals surface area contributed by atoms with Crippen LogP contribution in [0.1, 0.15) is 61.8 Å². The molecule has 1 saturated heterocycles. The number of piperidine rings is 1. The molecule has 2 aromatic rings. The minimum atomic E-state index is -0.693. The summed E-state index contributed by atoms with van der Waals surface area (Å²) >= 11 is 6.17. The van der Waals surface area contributed by atoms with E-state index < -0.39 is 40.4 Å². The van der Waals surface area contributed by atoms with E-state index in [4.69, 9.17) is 21.1 Å². The van der Waals surface area contributed by atoms with Crippen LogP contribution in [0, 0.1) is 10.1 Å². The number of non-ortho nitro benzene ring substituents is 1. The Morgan fingerprint density at radius 2 is 1.50 bits per heavy atom. The second-order valence-electron chi connectivity index (χ2n) is 10.6. The number of fused-ring (bicyclic) bond motifs is 1. The van der Waals surface area contributed by atoms with Gasteiger partial charge in [0.1, 0.15) is 17.0 Å². The maximum absolute atomic E-state index is 12.5. The number of ether oxygens (including phenoxy) is 2. The number of nitrogens with zero attached hydrogens (tertiary/aromatic N) is 4. The van der Waals surface area contributed by atoms with E-state index in [2.05, 4.69) is 20.6 Å². The summed E-state index contributed by atoms with van der Waals surface area (Å²) in [6.07, 6.45) is -0.815. The Morgan fingerprint density at radius 1 is 1.00 bits per heavy atom. The van der Waals surface area contributed by atoms with Crippen molar-refractivity contribution >= 4 is 46.2 Å². The number of amides is 2. The van der Waals surface area contributed by atoms with Gasteiger partial charge in [-0.1, -0.05) is 13.8 Å². The number of carbonyl (C=O) groups excluding carboxylic acids is 2. The number of carbonyl (C=O) groups is 2. The van der Waals surface area contributed by atoms with E-state index in [1.54, 1.807) is 46.4 Å². The lowest BCUT2D eigenvalue weighted by molar-refractivity contribution is -0.384. The fourth-order valence-electron chi connectivity index (χ4n) is 3.86. The minimum Gasteiger partial charge on any atom is -0.444 e. The summed E-state index contributed by atoms with van der Waals surface area (Å²) in [6, 6.07) is 3.32. The number of hydrogen-bond acceptors (Lipinski definition) is 9. The highest BCUT2D eigenvalue weighted by molar-refractivity contribution is 6.28. The van der Waals surface area contributed by atoms with E-state index in [1.807, 2.05) is 13.8 Å².